The molecule has 4 rings (SSSR count). The molecule has 3 heteroatoms. The molecule has 0 fully saturated rings. The number of aromatic nitrogens is 1. The minimum Gasteiger partial charge on any atom is -0.336 e. The summed E-state index contributed by atoms with van der Waals surface area (Å²) in [4.78, 5) is 19.0. The fourth-order valence-electron chi connectivity index (χ4n) is 3.23. The van der Waals surface area contributed by atoms with Crippen LogP contribution in [0.1, 0.15) is 16.1 Å². The highest BCUT2D eigenvalue weighted by atomic mass is 16.2. The SMILES string of the molecule is CN(Cc1cccc2ccccc12)C(=O)c1nccc2ccccc12. The second-order valence-electron chi connectivity index (χ2n) is 6.18. The molecule has 3 aromatic carbocycles. The number of benzene rings is 3. The number of hydrogen-bond acceptors (Lipinski definition) is 2. The quantitative estimate of drug-likeness (QED) is 0.548. The molecular weight excluding hydrogens is 308 g/mol. The molecule has 122 valence electrons. The van der Waals surface area contributed by atoms with Crippen LogP contribution in [0.4, 0.5) is 0 Å². The van der Waals surface area contributed by atoms with Gasteiger partial charge in [-0.1, -0.05) is 66.7 Å². The van der Waals surface area contributed by atoms with E-state index in [0.29, 0.717) is 12.2 Å². The molecule has 0 saturated heterocycles. The monoisotopic (exact) mass is 326 g/mol. The van der Waals surface area contributed by atoms with Gasteiger partial charge in [0.2, 0.25) is 0 Å². The van der Waals surface area contributed by atoms with E-state index >= 15 is 0 Å². The van der Waals surface area contributed by atoms with Gasteiger partial charge in [0.25, 0.3) is 5.91 Å². The van der Waals surface area contributed by atoms with Gasteiger partial charge >= 0.3 is 0 Å². The maximum absolute atomic E-state index is 13.0. The van der Waals surface area contributed by atoms with Gasteiger partial charge in [-0.3, -0.25) is 9.78 Å². The number of nitrogens with zero attached hydrogens (tertiary/aromatic N) is 2. The highest BCUT2D eigenvalue weighted by Crippen LogP contribution is 2.22. The van der Waals surface area contributed by atoms with Gasteiger partial charge in [-0.25, -0.2) is 0 Å². The lowest BCUT2D eigenvalue weighted by Gasteiger charge is -2.19. The molecule has 25 heavy (non-hydrogen) atoms. The van der Waals surface area contributed by atoms with Gasteiger partial charge in [0.1, 0.15) is 5.69 Å². The predicted molar refractivity (Wildman–Crippen MR) is 101 cm³/mol. The Balaban J connectivity index is 1.68. The first kappa shape index (κ1) is 15.3. The van der Waals surface area contributed by atoms with Gasteiger partial charge < -0.3 is 4.90 Å². The fraction of sp³-hybridized carbons (Fsp3) is 0.0909. The summed E-state index contributed by atoms with van der Waals surface area (Å²) in [6.45, 7) is 0.547. The molecule has 1 heterocycles. The van der Waals surface area contributed by atoms with Crippen LogP contribution in [-0.4, -0.2) is 22.8 Å². The Labute approximate surface area is 146 Å². The first-order valence-electron chi connectivity index (χ1n) is 8.30. The normalized spacial score (nSPS) is 10.9. The topological polar surface area (TPSA) is 33.2 Å². The number of carbonyl (C=O) groups excluding carboxylic acids is 1. The van der Waals surface area contributed by atoms with Crippen LogP contribution in [-0.2, 0) is 6.54 Å². The van der Waals surface area contributed by atoms with Crippen molar-refractivity contribution in [3.63, 3.8) is 0 Å². The van der Waals surface area contributed by atoms with Crippen LogP contribution in [0.5, 0.6) is 0 Å². The molecule has 0 aliphatic heterocycles. The van der Waals surface area contributed by atoms with Crippen molar-refractivity contribution in [2.75, 3.05) is 7.05 Å². The summed E-state index contributed by atoms with van der Waals surface area (Å²) < 4.78 is 0. The average Bonchev–Trinajstić information content (AvgIpc) is 2.67. The fourth-order valence-corrected chi connectivity index (χ4v) is 3.23. The first-order valence-corrected chi connectivity index (χ1v) is 8.30. The van der Waals surface area contributed by atoms with Crippen LogP contribution < -0.4 is 0 Å². The van der Waals surface area contributed by atoms with Gasteiger partial charge in [-0.15, -0.1) is 0 Å². The average molecular weight is 326 g/mol. The Kier molecular flexibility index (Phi) is 3.90. The van der Waals surface area contributed by atoms with E-state index < -0.39 is 0 Å². The van der Waals surface area contributed by atoms with E-state index in [-0.39, 0.29) is 5.91 Å². The highest BCUT2D eigenvalue weighted by Gasteiger charge is 2.17. The summed E-state index contributed by atoms with van der Waals surface area (Å²) >= 11 is 0. The number of pyridine rings is 1. The molecule has 0 spiro atoms. The standard InChI is InChI=1S/C22H18N2O/c1-24(15-18-10-6-9-16-7-2-4-11-19(16)18)22(25)21-20-12-5-3-8-17(20)13-14-23-21/h2-14H,15H2,1H3. The zero-order chi connectivity index (χ0) is 17.2. The Morgan fingerprint density at radius 1 is 0.840 bits per heavy atom. The number of carbonyl (C=O) groups is 1. The minimum atomic E-state index is -0.0651. The summed E-state index contributed by atoms with van der Waals surface area (Å²) in [7, 11) is 1.83. The van der Waals surface area contributed by atoms with Crippen LogP contribution in [0.15, 0.2) is 79.0 Å². The summed E-state index contributed by atoms with van der Waals surface area (Å²) in [5, 5.41) is 4.28. The molecule has 0 aliphatic carbocycles. The molecule has 4 aromatic rings. The summed E-state index contributed by atoms with van der Waals surface area (Å²) in [6, 6.07) is 24.2. The third-order valence-corrected chi connectivity index (χ3v) is 4.51. The lowest BCUT2D eigenvalue weighted by Crippen LogP contribution is -2.27. The van der Waals surface area contributed by atoms with E-state index in [9.17, 15) is 4.79 Å². The maximum Gasteiger partial charge on any atom is 0.273 e. The number of rotatable bonds is 3. The van der Waals surface area contributed by atoms with Crippen molar-refractivity contribution in [2.45, 2.75) is 6.54 Å². The van der Waals surface area contributed by atoms with Crippen molar-refractivity contribution >= 4 is 27.5 Å². The molecule has 0 radical (unpaired) electrons. The van der Waals surface area contributed by atoms with E-state index in [0.717, 1.165) is 16.3 Å². The van der Waals surface area contributed by atoms with Crippen LogP contribution in [0.3, 0.4) is 0 Å². The largest absolute Gasteiger partial charge is 0.336 e. The van der Waals surface area contributed by atoms with E-state index in [1.165, 1.54) is 10.8 Å². The maximum atomic E-state index is 13.0. The number of amides is 1. The van der Waals surface area contributed by atoms with Crippen molar-refractivity contribution in [1.82, 2.24) is 9.88 Å². The van der Waals surface area contributed by atoms with Crippen molar-refractivity contribution in [3.05, 3.63) is 90.3 Å². The number of hydrogen-bond donors (Lipinski definition) is 0. The van der Waals surface area contributed by atoms with E-state index in [1.807, 2.05) is 55.6 Å². The van der Waals surface area contributed by atoms with Gasteiger partial charge in [0.15, 0.2) is 0 Å². The molecule has 0 N–H and O–H groups in total. The second kappa shape index (κ2) is 6.36. The van der Waals surface area contributed by atoms with Crippen LogP contribution >= 0.6 is 0 Å². The lowest BCUT2D eigenvalue weighted by molar-refractivity contribution is 0.0782. The summed E-state index contributed by atoms with van der Waals surface area (Å²) in [5.41, 5.74) is 1.63. The lowest BCUT2D eigenvalue weighted by atomic mass is 10.0. The molecule has 0 saturated carbocycles. The predicted octanol–water partition coefficient (Wildman–Crippen LogP) is 4.66. The molecule has 1 aromatic heterocycles. The molecule has 0 aliphatic rings. The molecular formula is C22H18N2O. The zero-order valence-corrected chi connectivity index (χ0v) is 14.0. The molecule has 1 amide bonds. The third-order valence-electron chi connectivity index (χ3n) is 4.51. The molecule has 0 unspecified atom stereocenters. The van der Waals surface area contributed by atoms with Gasteiger partial charge in [0, 0.05) is 25.2 Å². The number of fused-ring (bicyclic) bond motifs is 2. The Bertz CT molecular complexity index is 1060. The van der Waals surface area contributed by atoms with Crippen LogP contribution in [0.2, 0.25) is 0 Å². The van der Waals surface area contributed by atoms with Crippen molar-refractivity contribution in [1.29, 1.82) is 0 Å². The third kappa shape index (κ3) is 2.85. The second-order valence-corrected chi connectivity index (χ2v) is 6.18. The van der Waals surface area contributed by atoms with Gasteiger partial charge in [-0.05, 0) is 27.8 Å². The zero-order valence-electron chi connectivity index (χ0n) is 14.0. The van der Waals surface area contributed by atoms with Crippen molar-refractivity contribution in [2.24, 2.45) is 0 Å². The highest BCUT2D eigenvalue weighted by molar-refractivity contribution is 6.05. The van der Waals surface area contributed by atoms with Crippen LogP contribution in [0, 0.1) is 0 Å². The smallest absolute Gasteiger partial charge is 0.273 e. The van der Waals surface area contributed by atoms with E-state index in [2.05, 4.69) is 29.2 Å². The minimum absolute atomic E-state index is 0.0651. The van der Waals surface area contributed by atoms with Gasteiger partial charge in [-0.2, -0.15) is 0 Å². The Morgan fingerprint density at radius 2 is 1.48 bits per heavy atom. The molecule has 0 bridgehead atoms. The van der Waals surface area contributed by atoms with Crippen molar-refractivity contribution < 1.29 is 4.79 Å². The van der Waals surface area contributed by atoms with Gasteiger partial charge in [0.05, 0.1) is 0 Å². The summed E-state index contributed by atoms with van der Waals surface area (Å²) in [5.74, 6) is -0.0651. The first-order chi connectivity index (χ1) is 12.2. The van der Waals surface area contributed by atoms with Crippen molar-refractivity contribution in [3.8, 4) is 0 Å². The van der Waals surface area contributed by atoms with Crippen LogP contribution in [0.25, 0.3) is 21.5 Å². The van der Waals surface area contributed by atoms with E-state index in [1.54, 1.807) is 11.1 Å². The molecule has 0 atom stereocenters. The van der Waals surface area contributed by atoms with E-state index in [4.69, 9.17) is 0 Å². The summed E-state index contributed by atoms with van der Waals surface area (Å²) in [6.07, 6.45) is 1.70. The Hall–Kier alpha value is -3.20. The Morgan fingerprint density at radius 3 is 2.28 bits per heavy atom. The molecule has 3 nitrogen and oxygen atoms in total.